The Morgan fingerprint density at radius 1 is 1.07 bits per heavy atom. The van der Waals surface area contributed by atoms with Crippen LogP contribution in [0.25, 0.3) is 0 Å². The molecule has 3 rings (SSSR count). The molecular weight excluding hydrogens is 368 g/mol. The third kappa shape index (κ3) is 5.91. The molecule has 29 heavy (non-hydrogen) atoms. The standard InChI is InChI=1S/C23H26N2O4/c1-2-3-4-13-29-19-8-5-16(6-9-19)21(26)11-12-22(27)24-18-7-10-20-17(14-18)15-23(28)25-20/h5-10,14H,2-4,11-13,15H2,1H3,(H,24,27)(H,25,28). The smallest absolute Gasteiger partial charge is 0.228 e. The summed E-state index contributed by atoms with van der Waals surface area (Å²) in [5.74, 6) is 0.388. The Kier molecular flexibility index (Phi) is 7.00. The summed E-state index contributed by atoms with van der Waals surface area (Å²) in [6.45, 7) is 2.82. The van der Waals surface area contributed by atoms with Crippen LogP contribution in [0.15, 0.2) is 42.5 Å². The number of benzene rings is 2. The zero-order chi connectivity index (χ0) is 20.6. The van der Waals surface area contributed by atoms with E-state index >= 15 is 0 Å². The Morgan fingerprint density at radius 2 is 1.86 bits per heavy atom. The van der Waals surface area contributed by atoms with E-state index in [0.717, 1.165) is 36.3 Å². The number of rotatable bonds is 10. The molecule has 0 radical (unpaired) electrons. The fourth-order valence-electron chi connectivity index (χ4n) is 3.18. The highest BCUT2D eigenvalue weighted by molar-refractivity contribution is 6.01. The first kappa shape index (κ1) is 20.6. The molecule has 0 unspecified atom stereocenters. The van der Waals surface area contributed by atoms with Crippen LogP contribution in [-0.2, 0) is 16.0 Å². The minimum absolute atomic E-state index is 0.0496. The van der Waals surface area contributed by atoms with Crippen molar-refractivity contribution in [2.75, 3.05) is 17.2 Å². The second-order valence-corrected chi connectivity index (χ2v) is 7.15. The largest absolute Gasteiger partial charge is 0.494 e. The van der Waals surface area contributed by atoms with Gasteiger partial charge in [0.2, 0.25) is 11.8 Å². The van der Waals surface area contributed by atoms with Crippen LogP contribution in [0.2, 0.25) is 0 Å². The summed E-state index contributed by atoms with van der Waals surface area (Å²) in [5.41, 5.74) is 2.84. The van der Waals surface area contributed by atoms with E-state index in [1.165, 1.54) is 0 Å². The molecular formula is C23H26N2O4. The number of hydrogen-bond donors (Lipinski definition) is 2. The van der Waals surface area contributed by atoms with E-state index in [1.54, 1.807) is 42.5 Å². The number of hydrogen-bond acceptors (Lipinski definition) is 4. The first-order chi connectivity index (χ1) is 14.0. The normalized spacial score (nSPS) is 12.2. The van der Waals surface area contributed by atoms with Gasteiger partial charge >= 0.3 is 0 Å². The third-order valence-electron chi connectivity index (χ3n) is 4.79. The molecule has 2 aromatic rings. The lowest BCUT2D eigenvalue weighted by Gasteiger charge is -2.08. The summed E-state index contributed by atoms with van der Waals surface area (Å²) in [4.78, 5) is 35.9. The number of fused-ring (bicyclic) bond motifs is 1. The van der Waals surface area contributed by atoms with Crippen LogP contribution < -0.4 is 15.4 Å². The number of Topliss-reactive ketones (excluding diaryl/α,β-unsaturated/α-hetero) is 1. The SMILES string of the molecule is CCCCCOc1ccc(C(=O)CCC(=O)Nc2ccc3c(c2)CC(=O)N3)cc1. The molecule has 0 spiro atoms. The Balaban J connectivity index is 1.44. The van der Waals surface area contributed by atoms with Crippen molar-refractivity contribution in [3.05, 3.63) is 53.6 Å². The highest BCUT2D eigenvalue weighted by Crippen LogP contribution is 2.26. The molecule has 0 atom stereocenters. The van der Waals surface area contributed by atoms with Crippen LogP contribution in [0, 0.1) is 0 Å². The van der Waals surface area contributed by atoms with E-state index in [4.69, 9.17) is 4.74 Å². The molecule has 6 heteroatoms. The van der Waals surface area contributed by atoms with Crippen molar-refractivity contribution in [3.8, 4) is 5.75 Å². The first-order valence-electron chi connectivity index (χ1n) is 10.0. The van der Waals surface area contributed by atoms with Gasteiger partial charge in [-0.25, -0.2) is 0 Å². The number of nitrogens with one attached hydrogen (secondary N) is 2. The zero-order valence-corrected chi connectivity index (χ0v) is 16.6. The average molecular weight is 394 g/mol. The minimum atomic E-state index is -0.230. The number of anilines is 2. The summed E-state index contributed by atoms with van der Waals surface area (Å²) in [6.07, 6.45) is 3.85. The van der Waals surface area contributed by atoms with Gasteiger partial charge in [-0.15, -0.1) is 0 Å². The first-order valence-corrected chi connectivity index (χ1v) is 10.0. The van der Waals surface area contributed by atoms with Crippen molar-refractivity contribution < 1.29 is 19.1 Å². The van der Waals surface area contributed by atoms with Gasteiger partial charge in [-0.3, -0.25) is 14.4 Å². The van der Waals surface area contributed by atoms with Crippen LogP contribution in [0.4, 0.5) is 11.4 Å². The zero-order valence-electron chi connectivity index (χ0n) is 16.6. The lowest BCUT2D eigenvalue weighted by Crippen LogP contribution is -2.13. The molecule has 2 amide bonds. The number of carbonyl (C=O) groups excluding carboxylic acids is 3. The van der Waals surface area contributed by atoms with Gasteiger partial charge < -0.3 is 15.4 Å². The van der Waals surface area contributed by atoms with Crippen molar-refractivity contribution in [2.24, 2.45) is 0 Å². The Morgan fingerprint density at radius 3 is 2.62 bits per heavy atom. The maximum absolute atomic E-state index is 12.3. The van der Waals surface area contributed by atoms with Gasteiger partial charge in [0.05, 0.1) is 13.0 Å². The third-order valence-corrected chi connectivity index (χ3v) is 4.79. The highest BCUT2D eigenvalue weighted by Gasteiger charge is 2.18. The molecule has 1 aliphatic heterocycles. The molecule has 0 aromatic heterocycles. The van der Waals surface area contributed by atoms with E-state index in [2.05, 4.69) is 17.6 Å². The number of ketones is 1. The lowest BCUT2D eigenvalue weighted by atomic mass is 10.1. The second kappa shape index (κ2) is 9.87. The van der Waals surface area contributed by atoms with Gasteiger partial charge in [-0.2, -0.15) is 0 Å². The van der Waals surface area contributed by atoms with Gasteiger partial charge in [-0.1, -0.05) is 19.8 Å². The highest BCUT2D eigenvalue weighted by atomic mass is 16.5. The predicted molar refractivity (Wildman–Crippen MR) is 112 cm³/mol. The number of carbonyl (C=O) groups is 3. The molecule has 0 fully saturated rings. The molecule has 0 aliphatic carbocycles. The van der Waals surface area contributed by atoms with Gasteiger partial charge in [0.1, 0.15) is 5.75 Å². The van der Waals surface area contributed by atoms with Gasteiger partial charge in [0.25, 0.3) is 0 Å². The van der Waals surface area contributed by atoms with E-state index in [1.807, 2.05) is 0 Å². The minimum Gasteiger partial charge on any atom is -0.494 e. The van der Waals surface area contributed by atoms with Crippen molar-refractivity contribution in [3.63, 3.8) is 0 Å². The van der Waals surface area contributed by atoms with Crippen LogP contribution >= 0.6 is 0 Å². The van der Waals surface area contributed by atoms with Gasteiger partial charge in [0, 0.05) is 29.8 Å². The maximum Gasteiger partial charge on any atom is 0.228 e. The molecule has 152 valence electrons. The Bertz CT molecular complexity index is 890. The summed E-state index contributed by atoms with van der Waals surface area (Å²) in [5, 5.41) is 5.54. The van der Waals surface area contributed by atoms with Crippen molar-refractivity contribution in [1.82, 2.24) is 0 Å². The van der Waals surface area contributed by atoms with Crippen LogP contribution in [0.1, 0.15) is 54.9 Å². The maximum atomic E-state index is 12.3. The molecule has 1 heterocycles. The van der Waals surface area contributed by atoms with Crippen molar-refractivity contribution in [2.45, 2.75) is 45.4 Å². The van der Waals surface area contributed by atoms with Crippen LogP contribution in [0.3, 0.4) is 0 Å². The number of ether oxygens (including phenoxy) is 1. The molecule has 2 N–H and O–H groups in total. The summed E-state index contributed by atoms with van der Waals surface area (Å²) >= 11 is 0. The number of unbranched alkanes of at least 4 members (excludes halogenated alkanes) is 2. The topological polar surface area (TPSA) is 84.5 Å². The van der Waals surface area contributed by atoms with E-state index in [0.29, 0.717) is 24.3 Å². The lowest BCUT2D eigenvalue weighted by molar-refractivity contribution is -0.116. The quantitative estimate of drug-likeness (QED) is 0.463. The van der Waals surface area contributed by atoms with Crippen molar-refractivity contribution >= 4 is 29.0 Å². The molecule has 0 bridgehead atoms. The second-order valence-electron chi connectivity index (χ2n) is 7.15. The van der Waals surface area contributed by atoms with Crippen molar-refractivity contribution in [1.29, 1.82) is 0 Å². The van der Waals surface area contributed by atoms with Gasteiger partial charge in [-0.05, 0) is 54.4 Å². The molecule has 0 saturated heterocycles. The molecule has 2 aromatic carbocycles. The fraction of sp³-hybridized carbons (Fsp3) is 0.348. The monoisotopic (exact) mass is 394 g/mol. The summed E-state index contributed by atoms with van der Waals surface area (Å²) < 4.78 is 5.64. The fourth-order valence-corrected chi connectivity index (χ4v) is 3.18. The predicted octanol–water partition coefficient (Wildman–Crippen LogP) is 4.35. The average Bonchev–Trinajstić information content (AvgIpc) is 3.09. The molecule has 6 nitrogen and oxygen atoms in total. The molecule has 1 aliphatic rings. The molecule has 0 saturated carbocycles. The van der Waals surface area contributed by atoms with E-state index in [9.17, 15) is 14.4 Å². The Labute approximate surface area is 170 Å². The van der Waals surface area contributed by atoms with Crippen LogP contribution in [-0.4, -0.2) is 24.2 Å². The summed E-state index contributed by atoms with van der Waals surface area (Å²) in [6, 6.07) is 12.3. The van der Waals surface area contributed by atoms with E-state index in [-0.39, 0.29) is 30.4 Å². The summed E-state index contributed by atoms with van der Waals surface area (Å²) in [7, 11) is 0. The van der Waals surface area contributed by atoms with Gasteiger partial charge in [0.15, 0.2) is 5.78 Å². The van der Waals surface area contributed by atoms with Crippen LogP contribution in [0.5, 0.6) is 5.75 Å². The Hall–Kier alpha value is -3.15. The number of amides is 2. The van der Waals surface area contributed by atoms with E-state index < -0.39 is 0 Å².